The van der Waals surface area contributed by atoms with E-state index in [0.29, 0.717) is 16.8 Å². The number of nitrogen functional groups attached to an aromatic ring is 1. The molecule has 3 rings (SSSR count). The number of oxime groups is 1. The highest BCUT2D eigenvalue weighted by atomic mass is 35.5. The number of aliphatic carboxylic acids is 2. The van der Waals surface area contributed by atoms with Gasteiger partial charge in [-0.15, -0.1) is 23.1 Å². The maximum atomic E-state index is 13.1. The van der Waals surface area contributed by atoms with Crippen LogP contribution in [0.2, 0.25) is 5.02 Å². The molecule has 0 aliphatic carbocycles. The smallest absolute Gasteiger partial charge is 0.347 e. The molecule has 0 radical (unpaired) electrons. The average molecular weight is 719 g/mol. The molecule has 2 heterocycles. The first kappa shape index (κ1) is 36.6. The van der Waals surface area contributed by atoms with Crippen molar-refractivity contribution >= 4 is 81.1 Å². The van der Waals surface area contributed by atoms with E-state index in [-0.39, 0.29) is 34.5 Å². The Morgan fingerprint density at radius 1 is 1.23 bits per heavy atom. The molecule has 0 spiro atoms. The van der Waals surface area contributed by atoms with Gasteiger partial charge in [-0.1, -0.05) is 16.8 Å². The molecule has 254 valence electrons. The summed E-state index contributed by atoms with van der Waals surface area (Å²) in [7, 11) is 0. The van der Waals surface area contributed by atoms with Gasteiger partial charge in [-0.05, 0) is 19.1 Å². The van der Waals surface area contributed by atoms with E-state index in [0.717, 1.165) is 30.4 Å². The number of nitrogens with zero attached hydrogens (tertiary/aromatic N) is 4. The number of β-lactam (4-membered cyclic amide) rings is 1. The molecule has 1 aliphatic rings. The molecule has 1 unspecified atom stereocenters. The van der Waals surface area contributed by atoms with Crippen LogP contribution >= 0.6 is 34.7 Å². The number of hydrazine groups is 1. The van der Waals surface area contributed by atoms with Crippen LogP contribution in [0.4, 0.5) is 5.13 Å². The topological polar surface area (TPSA) is 321 Å². The van der Waals surface area contributed by atoms with Crippen LogP contribution in [0.3, 0.4) is 0 Å². The molecule has 23 heteroatoms. The van der Waals surface area contributed by atoms with E-state index in [2.05, 4.69) is 20.9 Å². The number of aromatic nitrogens is 1. The lowest BCUT2D eigenvalue weighted by molar-refractivity contribution is -0.196. The van der Waals surface area contributed by atoms with E-state index < -0.39 is 87.0 Å². The van der Waals surface area contributed by atoms with Gasteiger partial charge in [0.15, 0.2) is 22.3 Å². The Morgan fingerprint density at radius 2 is 1.91 bits per heavy atom. The van der Waals surface area contributed by atoms with Crippen molar-refractivity contribution in [2.24, 2.45) is 10.9 Å². The van der Waals surface area contributed by atoms with Crippen molar-refractivity contribution in [3.63, 3.8) is 0 Å². The van der Waals surface area contributed by atoms with Crippen molar-refractivity contribution < 1.29 is 59.2 Å². The highest BCUT2D eigenvalue weighted by Gasteiger charge is 2.51. The van der Waals surface area contributed by atoms with E-state index in [9.17, 15) is 49.3 Å². The molecule has 1 aromatic carbocycles. The van der Waals surface area contributed by atoms with E-state index in [1.807, 2.05) is 0 Å². The predicted molar refractivity (Wildman–Crippen MR) is 162 cm³/mol. The highest BCUT2D eigenvalue weighted by molar-refractivity contribution is 8.01. The number of carbonyl (C=O) groups excluding carboxylic acids is 4. The normalized spacial score (nSPS) is 17.2. The number of phenols is 2. The van der Waals surface area contributed by atoms with Crippen molar-refractivity contribution in [1.82, 2.24) is 25.8 Å². The summed E-state index contributed by atoms with van der Waals surface area (Å²) in [5.74, 6) is -8.54. The Hall–Kier alpha value is -4.90. The number of phenolic OH excluding ortho intramolecular Hbond substituents is 2. The second kappa shape index (κ2) is 15.6. The van der Waals surface area contributed by atoms with Crippen LogP contribution in [0, 0.1) is 0 Å². The lowest BCUT2D eigenvalue weighted by Gasteiger charge is -2.42. The van der Waals surface area contributed by atoms with Crippen LogP contribution in [0.15, 0.2) is 22.7 Å². The van der Waals surface area contributed by atoms with Gasteiger partial charge in [0.2, 0.25) is 12.0 Å². The van der Waals surface area contributed by atoms with Gasteiger partial charge >= 0.3 is 11.9 Å². The SMILES string of the molecule is C[C@H](O/N=C(\C(=O)N[C@@H]1C(=O)N(O)C1S[C@@H](CC(=O)N(CCN)NC(=O)c1ccc(O)c(O)c1Cl)C(=O)O)c1csc(N)n1)C(=O)O. The summed E-state index contributed by atoms with van der Waals surface area (Å²) in [6.07, 6.45) is -2.31. The summed E-state index contributed by atoms with van der Waals surface area (Å²) in [4.78, 5) is 83.3. The molecular weight excluding hydrogens is 692 g/mol. The number of carboxylic acid groups (broad SMARTS) is 2. The molecule has 4 amide bonds. The number of thioether (sulfide) groups is 1. The number of hydrogen-bond acceptors (Lipinski definition) is 16. The van der Waals surface area contributed by atoms with Crippen LogP contribution in [0.5, 0.6) is 11.5 Å². The average Bonchev–Trinajstić information content (AvgIpc) is 3.45. The molecule has 1 aromatic heterocycles. The van der Waals surface area contributed by atoms with E-state index in [1.54, 1.807) is 0 Å². The molecule has 2 aromatic rings. The molecule has 1 saturated heterocycles. The minimum Gasteiger partial charge on any atom is -0.504 e. The number of amides is 4. The number of halogens is 1. The van der Waals surface area contributed by atoms with Crippen molar-refractivity contribution in [3.05, 3.63) is 33.8 Å². The minimum absolute atomic E-state index is 0.0135. The Bertz CT molecular complexity index is 1610. The monoisotopic (exact) mass is 718 g/mol. The molecule has 11 N–H and O–H groups in total. The van der Waals surface area contributed by atoms with Gasteiger partial charge in [0.25, 0.3) is 17.7 Å². The summed E-state index contributed by atoms with van der Waals surface area (Å²) >= 11 is 7.22. The molecule has 0 saturated carbocycles. The lowest BCUT2D eigenvalue weighted by Crippen LogP contribution is -2.69. The summed E-state index contributed by atoms with van der Waals surface area (Å²) < 4.78 is 0. The van der Waals surface area contributed by atoms with Gasteiger partial charge < -0.3 is 42.0 Å². The summed E-state index contributed by atoms with van der Waals surface area (Å²) in [6.45, 7) is 0.635. The number of carboxylic acids is 2. The van der Waals surface area contributed by atoms with Crippen molar-refractivity contribution in [3.8, 4) is 11.5 Å². The first-order chi connectivity index (χ1) is 22.1. The van der Waals surface area contributed by atoms with Crippen LogP contribution in [0.25, 0.3) is 0 Å². The Labute approximate surface area is 276 Å². The highest BCUT2D eigenvalue weighted by Crippen LogP contribution is 2.36. The fourth-order valence-electron chi connectivity index (χ4n) is 3.62. The molecule has 47 heavy (non-hydrogen) atoms. The third kappa shape index (κ3) is 8.68. The largest absolute Gasteiger partial charge is 0.504 e. The van der Waals surface area contributed by atoms with Gasteiger partial charge in [-0.2, -0.15) is 0 Å². The molecule has 0 bridgehead atoms. The number of anilines is 1. The minimum atomic E-state index is -1.67. The number of benzene rings is 1. The first-order valence-electron chi connectivity index (χ1n) is 13.0. The van der Waals surface area contributed by atoms with Crippen molar-refractivity contribution in [1.29, 1.82) is 0 Å². The van der Waals surface area contributed by atoms with Gasteiger partial charge in [-0.25, -0.2) is 14.8 Å². The number of nitrogens with two attached hydrogens (primary N) is 2. The molecule has 1 fully saturated rings. The fourth-order valence-corrected chi connectivity index (χ4v) is 5.67. The second-order valence-electron chi connectivity index (χ2n) is 9.36. The maximum absolute atomic E-state index is 13.1. The fraction of sp³-hybridized carbons (Fsp3) is 0.333. The van der Waals surface area contributed by atoms with Gasteiger partial charge in [0, 0.05) is 11.9 Å². The molecule has 1 aliphatic heterocycles. The third-order valence-corrected chi connectivity index (χ3v) is 8.61. The number of aromatic hydroxyl groups is 2. The van der Waals surface area contributed by atoms with E-state index in [1.165, 1.54) is 5.38 Å². The van der Waals surface area contributed by atoms with Crippen molar-refractivity contribution in [2.75, 3.05) is 18.8 Å². The first-order valence-corrected chi connectivity index (χ1v) is 15.2. The van der Waals surface area contributed by atoms with Crippen LogP contribution in [-0.2, 0) is 28.8 Å². The maximum Gasteiger partial charge on any atom is 0.347 e. The van der Waals surface area contributed by atoms with Gasteiger partial charge in [-0.3, -0.25) is 39.6 Å². The molecule has 4 atom stereocenters. The number of hydroxylamine groups is 2. The van der Waals surface area contributed by atoms with Crippen molar-refractivity contribution in [2.45, 2.75) is 36.1 Å². The number of thiazole rings is 1. The van der Waals surface area contributed by atoms with E-state index in [4.69, 9.17) is 33.0 Å². The standard InChI is InChI=1S/C24H27ClN8O12S2/c1-8(22(40)41)45-31-15(10-7-46-24(27)28-10)19(38)29-16-20(39)33(44)21(16)47-12(23(42)43)6-13(35)32(5-4-26)30-18(37)9-2-3-11(34)17(36)14(9)25/h2-3,7-8,12,16,21,34,36,44H,4-6,26H2,1H3,(H2,27,28)(H,29,38)(H,30,37)(H,40,41)(H,42,43)/b31-15-/t8-,12-,16+,21?/m0/s1. The second-order valence-corrected chi connectivity index (χ2v) is 11.9. The van der Waals surface area contributed by atoms with Crippen LogP contribution in [0.1, 0.15) is 29.4 Å². The van der Waals surface area contributed by atoms with Gasteiger partial charge in [0.1, 0.15) is 22.4 Å². The Kier molecular flexibility index (Phi) is 12.1. The number of nitrogens with one attached hydrogen (secondary N) is 2. The zero-order chi connectivity index (χ0) is 35.2. The van der Waals surface area contributed by atoms with E-state index >= 15 is 0 Å². The zero-order valence-corrected chi connectivity index (χ0v) is 26.3. The van der Waals surface area contributed by atoms with Gasteiger partial charge in [0.05, 0.1) is 23.6 Å². The quantitative estimate of drug-likeness (QED) is 0.0362. The van der Waals surface area contributed by atoms with Crippen LogP contribution in [-0.4, -0.2) is 118 Å². The Balaban J connectivity index is 1.76. The number of hydrogen-bond donors (Lipinski definition) is 9. The summed E-state index contributed by atoms with van der Waals surface area (Å²) in [5, 5.41) is 52.7. The zero-order valence-electron chi connectivity index (χ0n) is 23.9. The lowest BCUT2D eigenvalue weighted by atomic mass is 10.1. The van der Waals surface area contributed by atoms with Crippen LogP contribution < -0.4 is 22.2 Å². The Morgan fingerprint density at radius 3 is 2.49 bits per heavy atom. The summed E-state index contributed by atoms with van der Waals surface area (Å²) in [6, 6.07) is 0.476. The molecular formula is C24H27ClN8O12S2. The number of rotatable bonds is 14. The third-order valence-electron chi connectivity index (χ3n) is 6.10. The molecule has 20 nitrogen and oxygen atoms in total. The predicted octanol–water partition coefficient (Wildman–Crippen LogP) is -1.27. The number of carbonyl (C=O) groups is 6. The summed E-state index contributed by atoms with van der Waals surface area (Å²) in [5.41, 5.74) is 12.3.